The van der Waals surface area contributed by atoms with Crippen LogP contribution in [0.4, 0.5) is 5.69 Å². The van der Waals surface area contributed by atoms with Crippen molar-refractivity contribution in [2.75, 3.05) is 32.0 Å². The summed E-state index contributed by atoms with van der Waals surface area (Å²) in [5.74, 6) is 0.209. The van der Waals surface area contributed by atoms with Gasteiger partial charge in [0.2, 0.25) is 15.9 Å². The maximum atomic E-state index is 12.5. The maximum absolute atomic E-state index is 12.5. The number of benzene rings is 1. The van der Waals surface area contributed by atoms with Gasteiger partial charge in [-0.15, -0.1) is 0 Å². The Balaban J connectivity index is 2.03. The van der Waals surface area contributed by atoms with E-state index in [1.54, 1.807) is 19.1 Å². The van der Waals surface area contributed by atoms with E-state index in [1.807, 2.05) is 0 Å². The minimum atomic E-state index is -3.53. The minimum Gasteiger partial charge on any atom is -0.326 e. The molecule has 1 aromatic carbocycles. The van der Waals surface area contributed by atoms with E-state index < -0.39 is 10.0 Å². The van der Waals surface area contributed by atoms with Gasteiger partial charge in [-0.05, 0) is 69.6 Å². The van der Waals surface area contributed by atoms with Crippen LogP contribution in [0.2, 0.25) is 0 Å². The Labute approximate surface area is 138 Å². The molecule has 1 amide bonds. The molecule has 0 spiro atoms. The second-order valence-electron chi connectivity index (χ2n) is 6.26. The average molecular weight is 339 g/mol. The first kappa shape index (κ1) is 17.9. The normalized spacial score (nSPS) is 17.2. The Kier molecular flexibility index (Phi) is 5.78. The molecule has 0 unspecified atom stereocenters. The molecular formula is C16H25N3O3S. The number of carbonyl (C=O) groups is 1. The van der Waals surface area contributed by atoms with Crippen LogP contribution in [0.5, 0.6) is 0 Å². The molecule has 6 nitrogen and oxygen atoms in total. The Hall–Kier alpha value is -1.44. The zero-order valence-corrected chi connectivity index (χ0v) is 14.7. The summed E-state index contributed by atoms with van der Waals surface area (Å²) >= 11 is 0. The molecule has 1 fully saturated rings. The van der Waals surface area contributed by atoms with Crippen LogP contribution >= 0.6 is 0 Å². The molecule has 1 aliphatic rings. The first-order valence-electron chi connectivity index (χ1n) is 7.84. The zero-order valence-electron chi connectivity index (χ0n) is 13.9. The zero-order chi connectivity index (χ0) is 17.0. The van der Waals surface area contributed by atoms with Crippen LogP contribution in [-0.2, 0) is 14.8 Å². The standard InChI is InChI=1S/C16H25N3O3S/c1-12-10-15(18-13(2)20)4-5-16(12)23(21,22)17-11-14-6-8-19(3)9-7-14/h4-5,10,14,17H,6-9,11H2,1-3H3,(H,18,20). The van der Waals surface area contributed by atoms with Gasteiger partial charge >= 0.3 is 0 Å². The molecule has 1 heterocycles. The fourth-order valence-electron chi connectivity index (χ4n) is 2.80. The smallest absolute Gasteiger partial charge is 0.240 e. The van der Waals surface area contributed by atoms with Gasteiger partial charge in [-0.1, -0.05) is 0 Å². The van der Waals surface area contributed by atoms with E-state index >= 15 is 0 Å². The summed E-state index contributed by atoms with van der Waals surface area (Å²) in [5, 5.41) is 2.65. The third kappa shape index (κ3) is 5.02. The van der Waals surface area contributed by atoms with Crippen LogP contribution in [0.25, 0.3) is 0 Å². The van der Waals surface area contributed by atoms with Crippen LogP contribution < -0.4 is 10.0 Å². The number of carbonyl (C=O) groups excluding carboxylic acids is 1. The van der Waals surface area contributed by atoms with Crippen LogP contribution in [0.15, 0.2) is 23.1 Å². The summed E-state index contributed by atoms with van der Waals surface area (Å²) in [6.45, 7) is 5.65. The summed E-state index contributed by atoms with van der Waals surface area (Å²) < 4.78 is 27.7. The lowest BCUT2D eigenvalue weighted by atomic mass is 9.98. The molecule has 1 aromatic rings. The van der Waals surface area contributed by atoms with Gasteiger partial charge in [0.25, 0.3) is 0 Å². The fraction of sp³-hybridized carbons (Fsp3) is 0.562. The second-order valence-corrected chi connectivity index (χ2v) is 8.00. The van der Waals surface area contributed by atoms with Gasteiger partial charge in [-0.3, -0.25) is 4.79 Å². The molecule has 0 radical (unpaired) electrons. The summed E-state index contributed by atoms with van der Waals surface area (Å²) in [4.78, 5) is 13.6. The molecule has 2 N–H and O–H groups in total. The number of amides is 1. The predicted octanol–water partition coefficient (Wildman–Crippen LogP) is 1.57. The van der Waals surface area contributed by atoms with E-state index in [0.717, 1.165) is 25.9 Å². The van der Waals surface area contributed by atoms with Gasteiger partial charge < -0.3 is 10.2 Å². The number of hydrogen-bond donors (Lipinski definition) is 2. The molecule has 7 heteroatoms. The molecule has 1 saturated heterocycles. The fourth-order valence-corrected chi connectivity index (χ4v) is 4.14. The predicted molar refractivity (Wildman–Crippen MR) is 90.9 cm³/mol. The summed E-state index contributed by atoms with van der Waals surface area (Å²) in [6, 6.07) is 4.82. The molecule has 0 aromatic heterocycles. The Bertz CT molecular complexity index is 665. The molecule has 0 aliphatic carbocycles. The minimum absolute atomic E-state index is 0.180. The maximum Gasteiger partial charge on any atom is 0.240 e. The average Bonchev–Trinajstić information content (AvgIpc) is 2.46. The van der Waals surface area contributed by atoms with Crippen molar-refractivity contribution in [3.8, 4) is 0 Å². The highest BCUT2D eigenvalue weighted by atomic mass is 32.2. The second kappa shape index (κ2) is 7.42. The number of piperidine rings is 1. The lowest BCUT2D eigenvalue weighted by molar-refractivity contribution is -0.114. The topological polar surface area (TPSA) is 78.5 Å². The van der Waals surface area contributed by atoms with Crippen molar-refractivity contribution in [2.24, 2.45) is 5.92 Å². The van der Waals surface area contributed by atoms with Gasteiger partial charge in [-0.2, -0.15) is 0 Å². The first-order chi connectivity index (χ1) is 10.8. The number of aryl methyl sites for hydroxylation is 1. The number of likely N-dealkylation sites (tertiary alicyclic amines) is 1. The van der Waals surface area contributed by atoms with E-state index in [-0.39, 0.29) is 10.8 Å². The highest BCUT2D eigenvalue weighted by molar-refractivity contribution is 7.89. The number of anilines is 1. The molecule has 2 rings (SSSR count). The van der Waals surface area contributed by atoms with Gasteiger partial charge in [0.1, 0.15) is 0 Å². The molecule has 0 atom stereocenters. The monoisotopic (exact) mass is 339 g/mol. The van der Waals surface area contributed by atoms with Crippen molar-refractivity contribution in [3.63, 3.8) is 0 Å². The van der Waals surface area contributed by atoms with E-state index in [1.165, 1.54) is 13.0 Å². The van der Waals surface area contributed by atoms with Crippen LogP contribution in [0.3, 0.4) is 0 Å². The lowest BCUT2D eigenvalue weighted by Gasteiger charge is -2.28. The highest BCUT2D eigenvalue weighted by Gasteiger charge is 2.21. The number of nitrogens with one attached hydrogen (secondary N) is 2. The highest BCUT2D eigenvalue weighted by Crippen LogP contribution is 2.21. The summed E-state index contributed by atoms with van der Waals surface area (Å²) in [7, 11) is -1.44. The van der Waals surface area contributed by atoms with Crippen molar-refractivity contribution in [3.05, 3.63) is 23.8 Å². The number of sulfonamides is 1. The van der Waals surface area contributed by atoms with Crippen molar-refractivity contribution in [1.29, 1.82) is 0 Å². The van der Waals surface area contributed by atoms with Crippen molar-refractivity contribution in [2.45, 2.75) is 31.6 Å². The molecular weight excluding hydrogens is 314 g/mol. The van der Waals surface area contributed by atoms with Crippen molar-refractivity contribution < 1.29 is 13.2 Å². The van der Waals surface area contributed by atoms with Gasteiger partial charge in [0.05, 0.1) is 4.90 Å². The van der Waals surface area contributed by atoms with Crippen LogP contribution in [0.1, 0.15) is 25.3 Å². The Morgan fingerprint density at radius 1 is 1.30 bits per heavy atom. The van der Waals surface area contributed by atoms with Crippen LogP contribution in [-0.4, -0.2) is 45.9 Å². The SMILES string of the molecule is CC(=O)Nc1ccc(S(=O)(=O)NCC2CCN(C)CC2)c(C)c1. The first-order valence-corrected chi connectivity index (χ1v) is 9.32. The number of nitrogens with zero attached hydrogens (tertiary/aromatic N) is 1. The molecule has 128 valence electrons. The Morgan fingerprint density at radius 3 is 2.52 bits per heavy atom. The van der Waals surface area contributed by atoms with Gasteiger partial charge in [0.15, 0.2) is 0 Å². The summed E-state index contributed by atoms with van der Waals surface area (Å²) in [5.41, 5.74) is 1.22. The van der Waals surface area contributed by atoms with Crippen LogP contribution in [0, 0.1) is 12.8 Å². The van der Waals surface area contributed by atoms with E-state index in [9.17, 15) is 13.2 Å². The number of rotatable bonds is 5. The van der Waals surface area contributed by atoms with E-state index in [4.69, 9.17) is 0 Å². The van der Waals surface area contributed by atoms with Gasteiger partial charge in [-0.25, -0.2) is 13.1 Å². The quantitative estimate of drug-likeness (QED) is 0.854. The van der Waals surface area contributed by atoms with Gasteiger partial charge in [0, 0.05) is 19.2 Å². The lowest BCUT2D eigenvalue weighted by Crippen LogP contribution is -2.37. The Morgan fingerprint density at radius 2 is 1.96 bits per heavy atom. The third-order valence-corrected chi connectivity index (χ3v) is 5.77. The largest absolute Gasteiger partial charge is 0.326 e. The molecule has 0 saturated carbocycles. The molecule has 23 heavy (non-hydrogen) atoms. The van der Waals surface area contributed by atoms with Crippen molar-refractivity contribution >= 4 is 21.6 Å². The molecule has 1 aliphatic heterocycles. The van der Waals surface area contributed by atoms with E-state index in [0.29, 0.717) is 23.7 Å². The third-order valence-electron chi connectivity index (χ3n) is 4.18. The summed E-state index contributed by atoms with van der Waals surface area (Å²) in [6.07, 6.45) is 2.03. The van der Waals surface area contributed by atoms with E-state index in [2.05, 4.69) is 22.0 Å². The van der Waals surface area contributed by atoms with Crippen molar-refractivity contribution in [1.82, 2.24) is 9.62 Å². The number of hydrogen-bond acceptors (Lipinski definition) is 4. The molecule has 0 bridgehead atoms.